The van der Waals surface area contributed by atoms with E-state index < -0.39 is 10.0 Å². The monoisotopic (exact) mass is 324 g/mol. The molecule has 2 aromatic heterocycles. The Kier molecular flexibility index (Phi) is 4.00. The minimum absolute atomic E-state index is 0.452. The summed E-state index contributed by atoms with van der Waals surface area (Å²) in [5.41, 5.74) is 0.726. The number of nitrogens with zero attached hydrogens (tertiary/aromatic N) is 5. The van der Waals surface area contributed by atoms with E-state index in [0.717, 1.165) is 30.9 Å². The molecule has 120 valence electrons. The molecule has 0 amide bonds. The van der Waals surface area contributed by atoms with Gasteiger partial charge in [-0.1, -0.05) is 0 Å². The molecule has 0 radical (unpaired) electrons. The number of sulfonamides is 1. The van der Waals surface area contributed by atoms with Crippen molar-refractivity contribution in [2.45, 2.75) is 19.8 Å². The van der Waals surface area contributed by atoms with Crippen molar-refractivity contribution in [1.29, 1.82) is 0 Å². The Labute approximate surface area is 129 Å². The van der Waals surface area contributed by atoms with Crippen LogP contribution in [0.2, 0.25) is 0 Å². The molecule has 1 N–H and O–H groups in total. The normalized spacial score (nSPS) is 17.9. The first-order valence-corrected chi connectivity index (χ1v) is 9.16. The Bertz CT molecular complexity index is 764. The number of anilines is 1. The van der Waals surface area contributed by atoms with Gasteiger partial charge in [0.2, 0.25) is 10.0 Å². The second kappa shape index (κ2) is 5.81. The molecule has 1 fully saturated rings. The fraction of sp³-hybridized carbons (Fsp3) is 0.615. The third kappa shape index (κ3) is 3.36. The lowest BCUT2D eigenvalue weighted by molar-refractivity contribution is 0.283. The molecule has 1 aliphatic rings. The van der Waals surface area contributed by atoms with Crippen LogP contribution >= 0.6 is 0 Å². The Morgan fingerprint density at radius 2 is 2.00 bits per heavy atom. The van der Waals surface area contributed by atoms with E-state index in [1.54, 1.807) is 4.31 Å². The fourth-order valence-electron chi connectivity index (χ4n) is 2.68. The largest absolute Gasteiger partial charge is 0.368 e. The molecular weight excluding hydrogens is 304 g/mol. The van der Waals surface area contributed by atoms with Gasteiger partial charge in [-0.15, -0.1) is 14.8 Å². The van der Waals surface area contributed by atoms with Crippen molar-refractivity contribution < 1.29 is 8.42 Å². The van der Waals surface area contributed by atoms with Gasteiger partial charge in [0.25, 0.3) is 0 Å². The predicted octanol–water partition coefficient (Wildman–Crippen LogP) is 0.516. The molecule has 0 spiro atoms. The highest BCUT2D eigenvalue weighted by Crippen LogP contribution is 2.19. The highest BCUT2D eigenvalue weighted by atomic mass is 32.2. The molecule has 0 aliphatic carbocycles. The molecule has 2 aromatic rings. The van der Waals surface area contributed by atoms with Crippen molar-refractivity contribution in [3.63, 3.8) is 0 Å². The molecule has 0 unspecified atom stereocenters. The second-order valence-electron chi connectivity index (χ2n) is 5.71. The number of hydrogen-bond donors (Lipinski definition) is 1. The zero-order chi connectivity index (χ0) is 15.7. The molecule has 1 saturated heterocycles. The van der Waals surface area contributed by atoms with Gasteiger partial charge in [0.05, 0.1) is 6.26 Å². The lowest BCUT2D eigenvalue weighted by atomic mass is 9.98. The van der Waals surface area contributed by atoms with E-state index in [-0.39, 0.29) is 0 Å². The molecule has 3 heterocycles. The summed E-state index contributed by atoms with van der Waals surface area (Å²) in [6, 6.07) is 3.76. The molecular formula is C13H20N6O2S. The van der Waals surface area contributed by atoms with Gasteiger partial charge < -0.3 is 5.32 Å². The molecule has 1 aliphatic heterocycles. The van der Waals surface area contributed by atoms with Crippen molar-refractivity contribution in [1.82, 2.24) is 24.1 Å². The smallest absolute Gasteiger partial charge is 0.211 e. The van der Waals surface area contributed by atoms with Crippen molar-refractivity contribution in [2.24, 2.45) is 5.92 Å². The van der Waals surface area contributed by atoms with Crippen LogP contribution in [0.3, 0.4) is 0 Å². The minimum atomic E-state index is -3.06. The summed E-state index contributed by atoms with van der Waals surface area (Å²) in [4.78, 5) is 4.23. The Hall–Kier alpha value is -1.74. The van der Waals surface area contributed by atoms with Gasteiger partial charge in [-0.05, 0) is 37.8 Å². The zero-order valence-electron chi connectivity index (χ0n) is 12.7. The van der Waals surface area contributed by atoms with Crippen molar-refractivity contribution in [3.8, 4) is 0 Å². The van der Waals surface area contributed by atoms with E-state index in [0.29, 0.717) is 24.8 Å². The number of rotatable bonds is 4. The first-order valence-electron chi connectivity index (χ1n) is 7.31. The maximum absolute atomic E-state index is 11.5. The maximum atomic E-state index is 11.5. The number of aromatic nitrogens is 4. The van der Waals surface area contributed by atoms with E-state index in [2.05, 4.69) is 20.5 Å². The summed E-state index contributed by atoms with van der Waals surface area (Å²) in [7, 11) is -3.06. The number of piperidine rings is 1. The van der Waals surface area contributed by atoms with Crippen molar-refractivity contribution in [2.75, 3.05) is 31.2 Å². The predicted molar refractivity (Wildman–Crippen MR) is 83.1 cm³/mol. The standard InChI is InChI=1S/C13H20N6O2S/c1-10-15-13-4-3-12(17-19(13)16-10)14-9-11-5-7-18(8-6-11)22(2,20)21/h3-4,11H,5-9H2,1-2H3,(H,14,17). The topological polar surface area (TPSA) is 92.5 Å². The molecule has 0 aromatic carbocycles. The third-order valence-corrected chi connectivity index (χ3v) is 5.23. The Balaban J connectivity index is 1.56. The van der Waals surface area contributed by atoms with Crippen LogP contribution in [-0.2, 0) is 10.0 Å². The Morgan fingerprint density at radius 3 is 2.68 bits per heavy atom. The highest BCUT2D eigenvalue weighted by Gasteiger charge is 2.24. The van der Waals surface area contributed by atoms with Gasteiger partial charge in [0, 0.05) is 19.6 Å². The first kappa shape index (κ1) is 15.2. The van der Waals surface area contributed by atoms with E-state index in [1.807, 2.05) is 19.1 Å². The van der Waals surface area contributed by atoms with Crippen LogP contribution in [0.4, 0.5) is 5.82 Å². The van der Waals surface area contributed by atoms with Crippen LogP contribution in [0.5, 0.6) is 0 Å². The second-order valence-corrected chi connectivity index (χ2v) is 7.69. The highest BCUT2D eigenvalue weighted by molar-refractivity contribution is 7.88. The van der Waals surface area contributed by atoms with Gasteiger partial charge in [0.1, 0.15) is 11.6 Å². The van der Waals surface area contributed by atoms with Crippen molar-refractivity contribution >= 4 is 21.5 Å². The van der Waals surface area contributed by atoms with E-state index in [4.69, 9.17) is 0 Å². The number of nitrogens with one attached hydrogen (secondary N) is 1. The van der Waals surface area contributed by atoms with E-state index >= 15 is 0 Å². The maximum Gasteiger partial charge on any atom is 0.211 e. The summed E-state index contributed by atoms with van der Waals surface area (Å²) in [6.45, 7) is 3.81. The summed E-state index contributed by atoms with van der Waals surface area (Å²) >= 11 is 0. The lowest BCUT2D eigenvalue weighted by Crippen LogP contribution is -2.39. The van der Waals surface area contributed by atoms with Crippen LogP contribution in [0.1, 0.15) is 18.7 Å². The van der Waals surface area contributed by atoms with Crippen LogP contribution in [0.15, 0.2) is 12.1 Å². The van der Waals surface area contributed by atoms with Gasteiger partial charge in [-0.3, -0.25) is 0 Å². The fourth-order valence-corrected chi connectivity index (χ4v) is 3.55. The molecule has 22 heavy (non-hydrogen) atoms. The molecule has 3 rings (SSSR count). The van der Waals surface area contributed by atoms with Gasteiger partial charge in [-0.25, -0.2) is 17.7 Å². The molecule has 0 saturated carbocycles. The lowest BCUT2D eigenvalue weighted by Gasteiger charge is -2.30. The van der Waals surface area contributed by atoms with Crippen LogP contribution in [-0.4, -0.2) is 58.4 Å². The molecule has 0 bridgehead atoms. The van der Waals surface area contributed by atoms with Crippen molar-refractivity contribution in [3.05, 3.63) is 18.0 Å². The Morgan fingerprint density at radius 1 is 1.27 bits per heavy atom. The zero-order valence-corrected chi connectivity index (χ0v) is 13.5. The van der Waals surface area contributed by atoms with Gasteiger partial charge in [-0.2, -0.15) is 0 Å². The number of aryl methyl sites for hydroxylation is 1. The summed E-state index contributed by atoms with van der Waals surface area (Å²) in [5, 5.41) is 11.8. The molecule has 8 nitrogen and oxygen atoms in total. The summed E-state index contributed by atoms with van der Waals surface area (Å²) < 4.78 is 26.0. The average Bonchev–Trinajstić information content (AvgIpc) is 2.84. The first-order chi connectivity index (χ1) is 10.4. The van der Waals surface area contributed by atoms with E-state index in [9.17, 15) is 8.42 Å². The SMILES string of the molecule is Cc1nc2ccc(NCC3CCN(S(C)(=O)=O)CC3)nn2n1. The number of fused-ring (bicyclic) bond motifs is 1. The molecule has 9 heteroatoms. The van der Waals surface area contributed by atoms with Gasteiger partial charge >= 0.3 is 0 Å². The van der Waals surface area contributed by atoms with Crippen LogP contribution in [0, 0.1) is 12.8 Å². The number of hydrogen-bond acceptors (Lipinski definition) is 6. The molecule has 0 atom stereocenters. The van der Waals surface area contributed by atoms with Crippen LogP contribution in [0.25, 0.3) is 5.65 Å². The third-order valence-electron chi connectivity index (χ3n) is 3.93. The summed E-state index contributed by atoms with van der Waals surface area (Å²) in [6.07, 6.45) is 3.00. The van der Waals surface area contributed by atoms with E-state index in [1.165, 1.54) is 10.9 Å². The van der Waals surface area contributed by atoms with Gasteiger partial charge in [0.15, 0.2) is 5.65 Å². The minimum Gasteiger partial charge on any atom is -0.368 e. The quantitative estimate of drug-likeness (QED) is 0.881. The van der Waals surface area contributed by atoms with Crippen LogP contribution < -0.4 is 5.32 Å². The summed E-state index contributed by atoms with van der Waals surface area (Å²) in [5.74, 6) is 1.90. The average molecular weight is 324 g/mol.